The standard InChI is InChI=1S/C21H18N4O2/c1-27-18-9-5-8-17(13-18)23-21(26)22-16-7-4-6-15(12-16)19-14-25-11-3-2-10-20(25)24-19/h2-14H,1H3,(H2,22,23,26). The van der Waals surface area contributed by atoms with E-state index in [1.807, 2.05) is 71.4 Å². The molecule has 0 saturated heterocycles. The maximum atomic E-state index is 12.3. The number of carbonyl (C=O) groups is 1. The van der Waals surface area contributed by atoms with E-state index in [1.54, 1.807) is 19.2 Å². The summed E-state index contributed by atoms with van der Waals surface area (Å²) >= 11 is 0. The van der Waals surface area contributed by atoms with Crippen LogP contribution in [0.5, 0.6) is 5.75 Å². The number of anilines is 2. The minimum Gasteiger partial charge on any atom is -0.497 e. The molecule has 2 aromatic carbocycles. The quantitative estimate of drug-likeness (QED) is 0.558. The Morgan fingerprint density at radius 2 is 1.74 bits per heavy atom. The number of urea groups is 1. The second-order valence-corrected chi connectivity index (χ2v) is 5.98. The molecule has 2 amide bonds. The summed E-state index contributed by atoms with van der Waals surface area (Å²) in [6.45, 7) is 0. The smallest absolute Gasteiger partial charge is 0.323 e. The van der Waals surface area contributed by atoms with Gasteiger partial charge in [0.05, 0.1) is 12.8 Å². The summed E-state index contributed by atoms with van der Waals surface area (Å²) in [7, 11) is 1.59. The summed E-state index contributed by atoms with van der Waals surface area (Å²) in [4.78, 5) is 16.9. The van der Waals surface area contributed by atoms with Gasteiger partial charge in [0, 0.05) is 35.4 Å². The van der Waals surface area contributed by atoms with E-state index in [4.69, 9.17) is 4.74 Å². The number of rotatable bonds is 4. The number of carbonyl (C=O) groups excluding carboxylic acids is 1. The lowest BCUT2D eigenvalue weighted by atomic mass is 10.1. The molecule has 27 heavy (non-hydrogen) atoms. The molecular formula is C21H18N4O2. The first-order valence-corrected chi connectivity index (χ1v) is 8.47. The van der Waals surface area contributed by atoms with Gasteiger partial charge in [0.1, 0.15) is 11.4 Å². The third-order valence-corrected chi connectivity index (χ3v) is 4.11. The third kappa shape index (κ3) is 3.74. The molecule has 2 N–H and O–H groups in total. The Balaban J connectivity index is 1.51. The predicted molar refractivity (Wildman–Crippen MR) is 106 cm³/mol. The predicted octanol–water partition coefficient (Wildman–Crippen LogP) is 4.65. The fraction of sp³-hybridized carbons (Fsp3) is 0.0476. The van der Waals surface area contributed by atoms with E-state index in [-0.39, 0.29) is 6.03 Å². The Morgan fingerprint density at radius 3 is 2.52 bits per heavy atom. The fourth-order valence-electron chi connectivity index (χ4n) is 2.82. The molecule has 0 atom stereocenters. The highest BCUT2D eigenvalue weighted by Crippen LogP contribution is 2.23. The van der Waals surface area contributed by atoms with Crippen LogP contribution in [-0.4, -0.2) is 22.5 Å². The molecule has 0 fully saturated rings. The minimum atomic E-state index is -0.324. The molecule has 4 aromatic rings. The van der Waals surface area contributed by atoms with Crippen LogP contribution in [0.15, 0.2) is 79.1 Å². The lowest BCUT2D eigenvalue weighted by molar-refractivity contribution is 0.262. The molecule has 6 heteroatoms. The SMILES string of the molecule is COc1cccc(NC(=O)Nc2cccc(-c3cn4ccccc4n3)c2)c1. The van der Waals surface area contributed by atoms with Gasteiger partial charge in [0.25, 0.3) is 0 Å². The van der Waals surface area contributed by atoms with E-state index < -0.39 is 0 Å². The summed E-state index contributed by atoms with van der Waals surface area (Å²) < 4.78 is 7.13. The van der Waals surface area contributed by atoms with Crippen molar-refractivity contribution >= 4 is 23.1 Å². The Kier molecular flexibility index (Phi) is 4.45. The number of hydrogen-bond acceptors (Lipinski definition) is 3. The Bertz CT molecular complexity index is 1070. The molecular weight excluding hydrogens is 340 g/mol. The minimum absolute atomic E-state index is 0.324. The van der Waals surface area contributed by atoms with Crippen LogP contribution in [0.1, 0.15) is 0 Å². The number of methoxy groups -OCH3 is 1. The van der Waals surface area contributed by atoms with Crippen LogP contribution in [0.3, 0.4) is 0 Å². The van der Waals surface area contributed by atoms with Crippen molar-refractivity contribution in [2.45, 2.75) is 0 Å². The maximum absolute atomic E-state index is 12.3. The molecule has 0 aliphatic carbocycles. The summed E-state index contributed by atoms with van der Waals surface area (Å²) in [5, 5.41) is 5.64. The zero-order chi connectivity index (χ0) is 18.6. The Hall–Kier alpha value is -3.80. The van der Waals surface area contributed by atoms with Gasteiger partial charge >= 0.3 is 6.03 Å². The molecule has 6 nitrogen and oxygen atoms in total. The van der Waals surface area contributed by atoms with Crippen LogP contribution in [0.25, 0.3) is 16.9 Å². The van der Waals surface area contributed by atoms with Crippen molar-refractivity contribution < 1.29 is 9.53 Å². The second-order valence-electron chi connectivity index (χ2n) is 5.98. The van der Waals surface area contributed by atoms with Gasteiger partial charge in [0.15, 0.2) is 0 Å². The number of pyridine rings is 1. The molecule has 2 heterocycles. The van der Waals surface area contributed by atoms with Gasteiger partial charge in [-0.2, -0.15) is 0 Å². The second kappa shape index (κ2) is 7.21. The number of nitrogens with one attached hydrogen (secondary N) is 2. The summed E-state index contributed by atoms with van der Waals surface area (Å²) in [5.41, 5.74) is 3.99. The van der Waals surface area contributed by atoms with E-state index in [2.05, 4.69) is 15.6 Å². The maximum Gasteiger partial charge on any atom is 0.323 e. The number of hydrogen-bond donors (Lipinski definition) is 2. The lowest BCUT2D eigenvalue weighted by Crippen LogP contribution is -2.19. The van der Waals surface area contributed by atoms with E-state index in [9.17, 15) is 4.79 Å². The number of amides is 2. The first-order chi connectivity index (χ1) is 13.2. The van der Waals surface area contributed by atoms with Gasteiger partial charge in [-0.3, -0.25) is 0 Å². The average Bonchev–Trinajstić information content (AvgIpc) is 3.12. The average molecular weight is 358 g/mol. The number of benzene rings is 2. The van der Waals surface area contributed by atoms with Crippen LogP contribution in [0.4, 0.5) is 16.2 Å². The topological polar surface area (TPSA) is 67.7 Å². The summed E-state index contributed by atoms with van der Waals surface area (Å²) in [6.07, 6.45) is 3.92. The molecule has 0 unspecified atom stereocenters. The summed E-state index contributed by atoms with van der Waals surface area (Å²) in [5.74, 6) is 0.682. The normalized spacial score (nSPS) is 10.6. The van der Waals surface area contributed by atoms with Gasteiger partial charge < -0.3 is 19.8 Å². The van der Waals surface area contributed by atoms with Crippen LogP contribution in [-0.2, 0) is 0 Å². The van der Waals surface area contributed by atoms with E-state index in [0.29, 0.717) is 17.1 Å². The molecule has 0 spiro atoms. The van der Waals surface area contributed by atoms with Crippen LogP contribution < -0.4 is 15.4 Å². The first-order valence-electron chi connectivity index (χ1n) is 8.47. The summed E-state index contributed by atoms with van der Waals surface area (Å²) in [6, 6.07) is 20.3. The molecule has 0 aliphatic rings. The van der Waals surface area contributed by atoms with Crippen LogP contribution in [0, 0.1) is 0 Å². The number of ether oxygens (including phenoxy) is 1. The largest absolute Gasteiger partial charge is 0.497 e. The highest BCUT2D eigenvalue weighted by molar-refractivity contribution is 6.00. The van der Waals surface area contributed by atoms with Crippen molar-refractivity contribution in [3.05, 3.63) is 79.1 Å². The van der Waals surface area contributed by atoms with Crippen LogP contribution >= 0.6 is 0 Å². The highest BCUT2D eigenvalue weighted by atomic mass is 16.5. The molecule has 2 aromatic heterocycles. The molecule has 4 rings (SSSR count). The van der Waals surface area contributed by atoms with E-state index >= 15 is 0 Å². The number of nitrogens with zero attached hydrogens (tertiary/aromatic N) is 2. The molecule has 0 radical (unpaired) electrons. The van der Waals surface area contributed by atoms with Crippen molar-refractivity contribution in [2.24, 2.45) is 0 Å². The van der Waals surface area contributed by atoms with E-state index in [1.165, 1.54) is 0 Å². The highest BCUT2D eigenvalue weighted by Gasteiger charge is 2.07. The zero-order valence-corrected chi connectivity index (χ0v) is 14.7. The van der Waals surface area contributed by atoms with Crippen molar-refractivity contribution in [3.63, 3.8) is 0 Å². The van der Waals surface area contributed by atoms with Gasteiger partial charge in [-0.1, -0.05) is 24.3 Å². The van der Waals surface area contributed by atoms with Crippen LogP contribution in [0.2, 0.25) is 0 Å². The van der Waals surface area contributed by atoms with Gasteiger partial charge in [0.2, 0.25) is 0 Å². The number of fused-ring (bicyclic) bond motifs is 1. The molecule has 134 valence electrons. The molecule has 0 bridgehead atoms. The van der Waals surface area contributed by atoms with Gasteiger partial charge in [-0.25, -0.2) is 9.78 Å². The number of aromatic nitrogens is 2. The zero-order valence-electron chi connectivity index (χ0n) is 14.7. The van der Waals surface area contributed by atoms with Gasteiger partial charge in [-0.05, 0) is 36.4 Å². The van der Waals surface area contributed by atoms with Gasteiger partial charge in [-0.15, -0.1) is 0 Å². The molecule has 0 aliphatic heterocycles. The Labute approximate surface area is 156 Å². The van der Waals surface area contributed by atoms with Crippen molar-refractivity contribution in [2.75, 3.05) is 17.7 Å². The fourth-order valence-corrected chi connectivity index (χ4v) is 2.82. The lowest BCUT2D eigenvalue weighted by Gasteiger charge is -2.09. The van der Waals surface area contributed by atoms with Crippen molar-refractivity contribution in [1.82, 2.24) is 9.38 Å². The molecule has 0 saturated carbocycles. The first kappa shape index (κ1) is 16.7. The third-order valence-electron chi connectivity index (χ3n) is 4.11. The Morgan fingerprint density at radius 1 is 0.963 bits per heavy atom. The van der Waals surface area contributed by atoms with Crippen molar-refractivity contribution in [3.8, 4) is 17.0 Å². The number of imidazole rings is 1. The van der Waals surface area contributed by atoms with E-state index in [0.717, 1.165) is 16.9 Å². The monoisotopic (exact) mass is 358 g/mol. The van der Waals surface area contributed by atoms with Crippen molar-refractivity contribution in [1.29, 1.82) is 0 Å².